The molecule has 0 unspecified atom stereocenters. The number of amides is 2. The molecule has 3 heterocycles. The lowest BCUT2D eigenvalue weighted by Crippen LogP contribution is -2.44. The van der Waals surface area contributed by atoms with Gasteiger partial charge in [-0.1, -0.05) is 12.8 Å². The zero-order valence-corrected chi connectivity index (χ0v) is 15.0. The highest BCUT2D eigenvalue weighted by Crippen LogP contribution is 2.22. The number of nitrogens with zero attached hydrogens (tertiary/aromatic N) is 3. The van der Waals surface area contributed by atoms with Crippen molar-refractivity contribution in [2.45, 2.75) is 57.8 Å². The van der Waals surface area contributed by atoms with Crippen LogP contribution in [0.25, 0.3) is 0 Å². The minimum absolute atomic E-state index is 0.324. The fourth-order valence-corrected chi connectivity index (χ4v) is 4.34. The molecule has 136 valence electrons. The molecule has 3 saturated heterocycles. The normalized spacial score (nSPS) is 24.4. The van der Waals surface area contributed by atoms with Crippen LogP contribution in [0.15, 0.2) is 0 Å². The van der Waals surface area contributed by atoms with E-state index >= 15 is 0 Å². The second kappa shape index (κ2) is 8.84. The predicted octanol–water partition coefficient (Wildman–Crippen LogP) is 2.11. The zero-order valence-electron chi connectivity index (χ0n) is 15.0. The van der Waals surface area contributed by atoms with Crippen LogP contribution in [0.4, 0.5) is 0 Å². The van der Waals surface area contributed by atoms with E-state index in [1.807, 2.05) is 4.90 Å². The van der Waals surface area contributed by atoms with Crippen LogP contribution in [-0.4, -0.2) is 72.3 Å². The number of piperidine rings is 1. The molecule has 5 heteroatoms. The molecule has 0 aliphatic carbocycles. The van der Waals surface area contributed by atoms with Crippen molar-refractivity contribution < 1.29 is 9.59 Å². The fourth-order valence-electron chi connectivity index (χ4n) is 4.34. The SMILES string of the molecule is O=C1CCCN1CCC1CCN(C(=O)CN2CCCCCC2)CC1. The Labute approximate surface area is 146 Å². The van der Waals surface area contributed by atoms with E-state index in [4.69, 9.17) is 0 Å². The van der Waals surface area contributed by atoms with Crippen molar-refractivity contribution in [2.24, 2.45) is 5.92 Å². The van der Waals surface area contributed by atoms with Gasteiger partial charge in [0, 0.05) is 32.6 Å². The topological polar surface area (TPSA) is 43.9 Å². The van der Waals surface area contributed by atoms with Gasteiger partial charge in [0.1, 0.15) is 0 Å². The van der Waals surface area contributed by atoms with Crippen LogP contribution in [0.2, 0.25) is 0 Å². The molecule has 0 saturated carbocycles. The molecule has 0 radical (unpaired) electrons. The Morgan fingerprint density at radius 1 is 0.917 bits per heavy atom. The molecule has 3 fully saturated rings. The maximum absolute atomic E-state index is 12.5. The molecule has 3 aliphatic rings. The first kappa shape index (κ1) is 17.7. The molecule has 24 heavy (non-hydrogen) atoms. The van der Waals surface area contributed by atoms with Gasteiger partial charge in [-0.2, -0.15) is 0 Å². The minimum Gasteiger partial charge on any atom is -0.343 e. The lowest BCUT2D eigenvalue weighted by atomic mass is 9.93. The van der Waals surface area contributed by atoms with E-state index in [0.717, 1.165) is 71.4 Å². The van der Waals surface area contributed by atoms with E-state index < -0.39 is 0 Å². The molecular formula is C19H33N3O2. The van der Waals surface area contributed by atoms with Crippen molar-refractivity contribution in [2.75, 3.05) is 45.8 Å². The van der Waals surface area contributed by atoms with Crippen LogP contribution < -0.4 is 0 Å². The number of carbonyl (C=O) groups excluding carboxylic acids is 2. The molecule has 3 aliphatic heterocycles. The lowest BCUT2D eigenvalue weighted by molar-refractivity contribution is -0.133. The maximum atomic E-state index is 12.5. The largest absolute Gasteiger partial charge is 0.343 e. The number of rotatable bonds is 5. The zero-order chi connectivity index (χ0) is 16.8. The first-order valence-corrected chi connectivity index (χ1v) is 10.0. The van der Waals surface area contributed by atoms with Gasteiger partial charge in [0.2, 0.25) is 11.8 Å². The van der Waals surface area contributed by atoms with Crippen LogP contribution in [-0.2, 0) is 9.59 Å². The molecular weight excluding hydrogens is 302 g/mol. The summed E-state index contributed by atoms with van der Waals surface area (Å²) in [4.78, 5) is 30.6. The Morgan fingerprint density at radius 2 is 1.62 bits per heavy atom. The molecule has 0 N–H and O–H groups in total. The maximum Gasteiger partial charge on any atom is 0.236 e. The third-order valence-electron chi connectivity index (χ3n) is 6.00. The lowest BCUT2D eigenvalue weighted by Gasteiger charge is -2.34. The number of hydrogen-bond donors (Lipinski definition) is 0. The smallest absolute Gasteiger partial charge is 0.236 e. The van der Waals surface area contributed by atoms with Gasteiger partial charge >= 0.3 is 0 Å². The van der Waals surface area contributed by atoms with Crippen LogP contribution in [0, 0.1) is 5.92 Å². The van der Waals surface area contributed by atoms with Crippen molar-refractivity contribution in [1.82, 2.24) is 14.7 Å². The minimum atomic E-state index is 0.324. The van der Waals surface area contributed by atoms with Gasteiger partial charge in [-0.25, -0.2) is 0 Å². The summed E-state index contributed by atoms with van der Waals surface area (Å²) in [5.41, 5.74) is 0. The molecule has 0 aromatic carbocycles. The van der Waals surface area contributed by atoms with Crippen molar-refractivity contribution in [3.8, 4) is 0 Å². The predicted molar refractivity (Wildman–Crippen MR) is 94.6 cm³/mol. The number of likely N-dealkylation sites (tertiary alicyclic amines) is 3. The summed E-state index contributed by atoms with van der Waals surface area (Å²) in [6.07, 6.45) is 10.2. The second-order valence-electron chi connectivity index (χ2n) is 7.79. The van der Waals surface area contributed by atoms with Gasteiger partial charge < -0.3 is 9.80 Å². The summed E-state index contributed by atoms with van der Waals surface area (Å²) < 4.78 is 0. The van der Waals surface area contributed by atoms with Crippen molar-refractivity contribution in [1.29, 1.82) is 0 Å². The van der Waals surface area contributed by atoms with Gasteiger partial charge in [-0.15, -0.1) is 0 Å². The van der Waals surface area contributed by atoms with E-state index in [-0.39, 0.29) is 0 Å². The molecule has 2 amide bonds. The summed E-state index contributed by atoms with van der Waals surface area (Å²) in [6.45, 7) is 6.48. The summed E-state index contributed by atoms with van der Waals surface area (Å²) in [6, 6.07) is 0. The standard InChI is InChI=1S/C19H33N3O2/c23-18-6-5-12-21(18)13-7-17-8-14-22(15-9-17)19(24)16-20-10-3-1-2-4-11-20/h17H,1-16H2. The Bertz CT molecular complexity index is 424. The average molecular weight is 335 g/mol. The van der Waals surface area contributed by atoms with Crippen LogP contribution in [0.1, 0.15) is 57.8 Å². The Morgan fingerprint density at radius 3 is 2.25 bits per heavy atom. The summed E-state index contributed by atoms with van der Waals surface area (Å²) >= 11 is 0. The third kappa shape index (κ3) is 4.95. The molecule has 0 aromatic heterocycles. The van der Waals surface area contributed by atoms with Gasteiger partial charge in [-0.3, -0.25) is 14.5 Å². The highest BCUT2D eigenvalue weighted by Gasteiger charge is 2.26. The van der Waals surface area contributed by atoms with Gasteiger partial charge in [0.15, 0.2) is 0 Å². The third-order valence-corrected chi connectivity index (χ3v) is 6.00. The average Bonchev–Trinajstić information content (AvgIpc) is 2.83. The Hall–Kier alpha value is -1.10. The number of carbonyl (C=O) groups is 2. The monoisotopic (exact) mass is 335 g/mol. The van der Waals surface area contributed by atoms with E-state index in [2.05, 4.69) is 9.80 Å². The van der Waals surface area contributed by atoms with Crippen molar-refractivity contribution >= 4 is 11.8 Å². The van der Waals surface area contributed by atoms with Crippen LogP contribution >= 0.6 is 0 Å². The molecule has 0 bridgehead atoms. The summed E-state index contributed by atoms with van der Waals surface area (Å²) in [5, 5.41) is 0. The number of hydrogen-bond acceptors (Lipinski definition) is 3. The highest BCUT2D eigenvalue weighted by molar-refractivity contribution is 5.78. The van der Waals surface area contributed by atoms with E-state index in [0.29, 0.717) is 24.3 Å². The molecule has 0 spiro atoms. The Balaban J connectivity index is 1.35. The van der Waals surface area contributed by atoms with E-state index in [1.54, 1.807) is 0 Å². The summed E-state index contributed by atoms with van der Waals surface area (Å²) in [5.74, 6) is 1.34. The van der Waals surface area contributed by atoms with Crippen molar-refractivity contribution in [3.05, 3.63) is 0 Å². The van der Waals surface area contributed by atoms with E-state index in [1.165, 1.54) is 25.7 Å². The summed E-state index contributed by atoms with van der Waals surface area (Å²) in [7, 11) is 0. The van der Waals surface area contributed by atoms with Gasteiger partial charge in [0.25, 0.3) is 0 Å². The highest BCUT2D eigenvalue weighted by atomic mass is 16.2. The molecule has 0 aromatic rings. The van der Waals surface area contributed by atoms with Gasteiger partial charge in [-0.05, 0) is 57.5 Å². The quantitative estimate of drug-likeness (QED) is 0.773. The molecule has 3 rings (SSSR count). The van der Waals surface area contributed by atoms with Crippen LogP contribution in [0.3, 0.4) is 0 Å². The van der Waals surface area contributed by atoms with Crippen LogP contribution in [0.5, 0.6) is 0 Å². The molecule has 0 atom stereocenters. The van der Waals surface area contributed by atoms with Gasteiger partial charge in [0.05, 0.1) is 6.54 Å². The second-order valence-corrected chi connectivity index (χ2v) is 7.79. The van der Waals surface area contributed by atoms with E-state index in [9.17, 15) is 9.59 Å². The first-order valence-electron chi connectivity index (χ1n) is 10.0. The van der Waals surface area contributed by atoms with Crippen molar-refractivity contribution in [3.63, 3.8) is 0 Å². The Kier molecular flexibility index (Phi) is 6.52. The molecule has 5 nitrogen and oxygen atoms in total. The first-order chi connectivity index (χ1) is 11.7. The fraction of sp³-hybridized carbons (Fsp3) is 0.895.